The molecule has 1 heterocycles. The molecule has 0 fully saturated rings. The first-order valence-electron chi connectivity index (χ1n) is 9.27. The molecule has 0 radical (unpaired) electrons. The Labute approximate surface area is 185 Å². The van der Waals surface area contributed by atoms with E-state index in [1.54, 1.807) is 13.8 Å². The van der Waals surface area contributed by atoms with Crippen LogP contribution in [0.2, 0.25) is 5.02 Å². The number of carbonyl (C=O) groups excluding carboxylic acids is 1. The van der Waals surface area contributed by atoms with E-state index in [0.717, 1.165) is 18.2 Å². The molecular formula is C21H18ClF4N3O3. The van der Waals surface area contributed by atoms with Crippen LogP contribution in [0.25, 0.3) is 0 Å². The molecule has 0 amide bonds. The highest BCUT2D eigenvalue weighted by Crippen LogP contribution is 2.36. The number of hydrogen-bond acceptors (Lipinski definition) is 5. The maximum atomic E-state index is 13.3. The summed E-state index contributed by atoms with van der Waals surface area (Å²) in [4.78, 5) is 17.1. The Morgan fingerprint density at radius 2 is 1.84 bits per heavy atom. The van der Waals surface area contributed by atoms with Gasteiger partial charge in [-0.25, -0.2) is 14.1 Å². The molecule has 3 aromatic rings. The van der Waals surface area contributed by atoms with Gasteiger partial charge in [0.15, 0.2) is 0 Å². The van der Waals surface area contributed by atoms with Crippen molar-refractivity contribution in [3.05, 3.63) is 71.5 Å². The van der Waals surface area contributed by atoms with Gasteiger partial charge in [-0.15, -0.1) is 0 Å². The van der Waals surface area contributed by atoms with E-state index in [1.165, 1.54) is 41.6 Å². The lowest BCUT2D eigenvalue weighted by Crippen LogP contribution is -2.39. The van der Waals surface area contributed by atoms with Crippen LogP contribution in [0, 0.1) is 11.2 Å². The van der Waals surface area contributed by atoms with Gasteiger partial charge in [0.25, 0.3) is 6.23 Å². The second-order valence-electron chi connectivity index (χ2n) is 7.48. The minimum Gasteiger partial charge on any atom is -0.491 e. The highest BCUT2D eigenvalue weighted by molar-refractivity contribution is 6.32. The maximum Gasteiger partial charge on any atom is 0.416 e. The number of Topliss-reactive ketones (excluding diaryl/α,β-unsaturated/α-hetero) is 1. The lowest BCUT2D eigenvalue weighted by atomic mass is 9.88. The molecule has 0 saturated carbocycles. The third kappa shape index (κ3) is 5.56. The highest BCUT2D eigenvalue weighted by Gasteiger charge is 2.38. The highest BCUT2D eigenvalue weighted by atomic mass is 35.5. The van der Waals surface area contributed by atoms with Crippen molar-refractivity contribution >= 4 is 17.4 Å². The molecule has 6 nitrogen and oxygen atoms in total. The Morgan fingerprint density at radius 3 is 2.41 bits per heavy atom. The Bertz CT molecular complexity index is 1070. The van der Waals surface area contributed by atoms with Crippen LogP contribution in [0.5, 0.6) is 11.5 Å². The lowest BCUT2D eigenvalue weighted by Gasteiger charge is -2.28. The topological polar surface area (TPSA) is 66.2 Å². The zero-order valence-electron chi connectivity index (χ0n) is 16.9. The average Bonchev–Trinajstić information content (AvgIpc) is 3.26. The monoisotopic (exact) mass is 471 g/mol. The average molecular weight is 472 g/mol. The number of nitrogens with zero attached hydrogens (tertiary/aromatic N) is 3. The standard InChI is InChI=1S/C21H18ClF4N3O3/c1-20(2,10-31-17-8-3-13(9-16(17)22)21(24,25)26)18(30)19(29-12-27-11-28-29)32-15-6-4-14(23)5-7-15/h3-9,11-12,19H,10H2,1-2H3. The first kappa shape index (κ1) is 23.5. The molecular weight excluding hydrogens is 454 g/mol. The van der Waals surface area contributed by atoms with Crippen molar-refractivity contribution < 1.29 is 31.8 Å². The molecule has 1 unspecified atom stereocenters. The van der Waals surface area contributed by atoms with E-state index < -0.39 is 35.0 Å². The maximum absolute atomic E-state index is 13.3. The van der Waals surface area contributed by atoms with Gasteiger partial charge in [0.2, 0.25) is 5.78 Å². The summed E-state index contributed by atoms with van der Waals surface area (Å²) in [5.74, 6) is -0.710. The van der Waals surface area contributed by atoms with Crippen molar-refractivity contribution in [2.75, 3.05) is 6.61 Å². The number of ketones is 1. The molecule has 0 spiro atoms. The molecule has 2 aromatic carbocycles. The predicted molar refractivity (Wildman–Crippen MR) is 107 cm³/mol. The summed E-state index contributed by atoms with van der Waals surface area (Å²) in [7, 11) is 0. The van der Waals surface area contributed by atoms with E-state index in [9.17, 15) is 22.4 Å². The molecule has 32 heavy (non-hydrogen) atoms. The van der Waals surface area contributed by atoms with Crippen LogP contribution in [0.1, 0.15) is 25.6 Å². The van der Waals surface area contributed by atoms with E-state index in [2.05, 4.69) is 10.1 Å². The number of carbonyl (C=O) groups is 1. The van der Waals surface area contributed by atoms with Gasteiger partial charge < -0.3 is 9.47 Å². The molecule has 0 aliphatic heterocycles. The summed E-state index contributed by atoms with van der Waals surface area (Å²) in [5.41, 5.74) is -2.09. The summed E-state index contributed by atoms with van der Waals surface area (Å²) >= 11 is 5.92. The summed E-state index contributed by atoms with van der Waals surface area (Å²) < 4.78 is 64.1. The number of hydrogen-bond donors (Lipinski definition) is 0. The molecule has 0 bridgehead atoms. The third-order valence-electron chi connectivity index (χ3n) is 4.48. The summed E-state index contributed by atoms with van der Waals surface area (Å²) in [6, 6.07) is 7.76. The largest absolute Gasteiger partial charge is 0.491 e. The predicted octanol–water partition coefficient (Wildman–Crippen LogP) is 5.34. The fourth-order valence-electron chi connectivity index (χ4n) is 2.67. The molecule has 0 aliphatic rings. The van der Waals surface area contributed by atoms with Crippen LogP contribution in [0.15, 0.2) is 55.1 Å². The molecule has 11 heteroatoms. The number of ether oxygens (including phenoxy) is 2. The first-order valence-corrected chi connectivity index (χ1v) is 9.65. The van der Waals surface area contributed by atoms with Gasteiger partial charge in [0.05, 0.1) is 16.0 Å². The third-order valence-corrected chi connectivity index (χ3v) is 4.77. The number of halogens is 5. The molecule has 1 atom stereocenters. The fourth-order valence-corrected chi connectivity index (χ4v) is 2.90. The molecule has 0 N–H and O–H groups in total. The summed E-state index contributed by atoms with van der Waals surface area (Å²) in [6.07, 6.45) is -3.28. The Hall–Kier alpha value is -3.14. The van der Waals surface area contributed by atoms with Crippen LogP contribution < -0.4 is 9.47 Å². The first-order chi connectivity index (χ1) is 15.0. The number of aromatic nitrogens is 3. The zero-order valence-corrected chi connectivity index (χ0v) is 17.7. The van der Waals surface area contributed by atoms with Gasteiger partial charge >= 0.3 is 6.18 Å². The smallest absolute Gasteiger partial charge is 0.416 e. The van der Waals surface area contributed by atoms with Crippen molar-refractivity contribution in [2.24, 2.45) is 5.41 Å². The SMILES string of the molecule is CC(C)(COc1ccc(C(F)(F)F)cc1Cl)C(=O)C(Oc1ccc(F)cc1)n1cncn1. The van der Waals surface area contributed by atoms with Gasteiger partial charge in [-0.2, -0.15) is 18.3 Å². The van der Waals surface area contributed by atoms with Crippen molar-refractivity contribution in [3.63, 3.8) is 0 Å². The molecule has 1 aromatic heterocycles. The molecule has 3 rings (SSSR count). The van der Waals surface area contributed by atoms with Gasteiger partial charge in [-0.1, -0.05) is 11.6 Å². The van der Waals surface area contributed by atoms with Gasteiger partial charge in [-0.05, 0) is 56.3 Å². The number of alkyl halides is 3. The number of rotatable bonds is 8. The molecule has 0 aliphatic carbocycles. The van der Waals surface area contributed by atoms with Gasteiger partial charge in [-0.3, -0.25) is 4.79 Å². The van der Waals surface area contributed by atoms with Crippen LogP contribution in [-0.2, 0) is 11.0 Å². The van der Waals surface area contributed by atoms with Crippen LogP contribution in [0.4, 0.5) is 17.6 Å². The van der Waals surface area contributed by atoms with E-state index in [-0.39, 0.29) is 23.1 Å². The quantitative estimate of drug-likeness (QED) is 0.415. The van der Waals surface area contributed by atoms with Crippen molar-refractivity contribution in [2.45, 2.75) is 26.3 Å². The van der Waals surface area contributed by atoms with Gasteiger partial charge in [0, 0.05) is 0 Å². The van der Waals surface area contributed by atoms with E-state index in [4.69, 9.17) is 21.1 Å². The van der Waals surface area contributed by atoms with Crippen LogP contribution in [0.3, 0.4) is 0 Å². The second-order valence-corrected chi connectivity index (χ2v) is 7.89. The Balaban J connectivity index is 1.77. The minimum absolute atomic E-state index is 0.00250. The molecule has 0 saturated heterocycles. The normalized spacial score (nSPS) is 13.0. The lowest BCUT2D eigenvalue weighted by molar-refractivity contribution is -0.140. The van der Waals surface area contributed by atoms with Crippen LogP contribution in [-0.4, -0.2) is 27.2 Å². The Kier molecular flexibility index (Phi) is 6.73. The van der Waals surface area contributed by atoms with Crippen LogP contribution >= 0.6 is 11.6 Å². The Morgan fingerprint density at radius 1 is 1.16 bits per heavy atom. The summed E-state index contributed by atoms with van der Waals surface area (Å²) in [6.45, 7) is 2.94. The van der Waals surface area contributed by atoms with E-state index >= 15 is 0 Å². The minimum atomic E-state index is -4.54. The summed E-state index contributed by atoms with van der Waals surface area (Å²) in [5, 5.41) is 3.71. The zero-order chi connectivity index (χ0) is 23.5. The second kappa shape index (κ2) is 9.15. The van der Waals surface area contributed by atoms with Crippen molar-refractivity contribution in [1.82, 2.24) is 14.8 Å². The number of benzene rings is 2. The van der Waals surface area contributed by atoms with Crippen molar-refractivity contribution in [1.29, 1.82) is 0 Å². The molecule has 170 valence electrons. The van der Waals surface area contributed by atoms with E-state index in [1.807, 2.05) is 0 Å². The van der Waals surface area contributed by atoms with Gasteiger partial charge in [0.1, 0.15) is 36.6 Å². The van der Waals surface area contributed by atoms with Crippen molar-refractivity contribution in [3.8, 4) is 11.5 Å². The fraction of sp³-hybridized carbons (Fsp3) is 0.286. The van der Waals surface area contributed by atoms with E-state index in [0.29, 0.717) is 0 Å².